The monoisotopic (exact) mass is 298 g/mol. The summed E-state index contributed by atoms with van der Waals surface area (Å²) in [5, 5.41) is 2.59. The maximum Gasteiger partial charge on any atom is 0.255 e. The van der Waals surface area contributed by atoms with E-state index in [2.05, 4.69) is 10.2 Å². The SMILES string of the molecule is O=C(Nc1ccccc1F)c1ccc(CN2CCCC2)cc1. The van der Waals surface area contributed by atoms with Crippen molar-refractivity contribution in [1.29, 1.82) is 0 Å². The van der Waals surface area contributed by atoms with Gasteiger partial charge in [-0.15, -0.1) is 0 Å². The first-order valence-electron chi connectivity index (χ1n) is 7.59. The molecule has 0 bridgehead atoms. The Hall–Kier alpha value is -2.20. The Labute approximate surface area is 129 Å². The molecule has 114 valence electrons. The minimum Gasteiger partial charge on any atom is -0.319 e. The second-order valence-electron chi connectivity index (χ2n) is 5.61. The molecule has 0 spiro atoms. The van der Waals surface area contributed by atoms with E-state index in [0.29, 0.717) is 5.56 Å². The van der Waals surface area contributed by atoms with E-state index in [4.69, 9.17) is 0 Å². The van der Waals surface area contributed by atoms with Crippen molar-refractivity contribution in [3.8, 4) is 0 Å². The van der Waals surface area contributed by atoms with Crippen LogP contribution in [-0.4, -0.2) is 23.9 Å². The fourth-order valence-electron chi connectivity index (χ4n) is 2.72. The molecule has 0 unspecified atom stereocenters. The van der Waals surface area contributed by atoms with Crippen LogP contribution in [0.2, 0.25) is 0 Å². The fourth-order valence-corrected chi connectivity index (χ4v) is 2.72. The average Bonchev–Trinajstić information content (AvgIpc) is 3.03. The zero-order valence-corrected chi connectivity index (χ0v) is 12.4. The quantitative estimate of drug-likeness (QED) is 0.934. The molecule has 0 saturated carbocycles. The van der Waals surface area contributed by atoms with E-state index >= 15 is 0 Å². The van der Waals surface area contributed by atoms with Gasteiger partial charge >= 0.3 is 0 Å². The highest BCUT2D eigenvalue weighted by Gasteiger charge is 2.12. The second-order valence-corrected chi connectivity index (χ2v) is 5.61. The van der Waals surface area contributed by atoms with Crippen LogP contribution in [0.25, 0.3) is 0 Å². The van der Waals surface area contributed by atoms with Crippen molar-refractivity contribution in [2.45, 2.75) is 19.4 Å². The van der Waals surface area contributed by atoms with Gasteiger partial charge in [0, 0.05) is 12.1 Å². The maximum absolute atomic E-state index is 13.5. The number of para-hydroxylation sites is 1. The molecule has 4 heteroatoms. The van der Waals surface area contributed by atoms with Gasteiger partial charge in [-0.2, -0.15) is 0 Å². The van der Waals surface area contributed by atoms with Crippen LogP contribution >= 0.6 is 0 Å². The molecule has 1 aliphatic rings. The number of hydrogen-bond donors (Lipinski definition) is 1. The molecule has 0 radical (unpaired) electrons. The van der Waals surface area contributed by atoms with Crippen molar-refractivity contribution in [2.75, 3.05) is 18.4 Å². The third-order valence-corrected chi connectivity index (χ3v) is 3.94. The minimum atomic E-state index is -0.429. The highest BCUT2D eigenvalue weighted by Crippen LogP contribution is 2.16. The molecule has 1 aliphatic heterocycles. The van der Waals surface area contributed by atoms with Gasteiger partial charge in [-0.25, -0.2) is 4.39 Å². The van der Waals surface area contributed by atoms with E-state index in [1.807, 2.05) is 12.1 Å². The Balaban J connectivity index is 1.64. The number of nitrogens with zero attached hydrogens (tertiary/aromatic N) is 1. The summed E-state index contributed by atoms with van der Waals surface area (Å²) >= 11 is 0. The second kappa shape index (κ2) is 6.71. The van der Waals surface area contributed by atoms with Gasteiger partial charge in [-0.05, 0) is 55.8 Å². The predicted molar refractivity (Wildman–Crippen MR) is 85.3 cm³/mol. The van der Waals surface area contributed by atoms with E-state index in [1.165, 1.54) is 24.5 Å². The standard InChI is InChI=1S/C18H19FN2O/c19-16-5-1-2-6-17(16)20-18(22)15-9-7-14(8-10-15)13-21-11-3-4-12-21/h1-2,5-10H,3-4,11-13H2,(H,20,22). The summed E-state index contributed by atoms with van der Waals surface area (Å²) in [5.74, 6) is -0.723. The van der Waals surface area contributed by atoms with Crippen LogP contribution in [0.5, 0.6) is 0 Å². The van der Waals surface area contributed by atoms with Gasteiger partial charge in [0.05, 0.1) is 5.69 Å². The van der Waals surface area contributed by atoms with Gasteiger partial charge in [0.25, 0.3) is 5.91 Å². The number of hydrogen-bond acceptors (Lipinski definition) is 2. The molecule has 0 aliphatic carbocycles. The smallest absolute Gasteiger partial charge is 0.255 e. The summed E-state index contributed by atoms with van der Waals surface area (Å²) in [6.07, 6.45) is 2.53. The van der Waals surface area contributed by atoms with Crippen LogP contribution < -0.4 is 5.32 Å². The van der Waals surface area contributed by atoms with Gasteiger partial charge < -0.3 is 5.32 Å². The summed E-state index contributed by atoms with van der Waals surface area (Å²) in [6.45, 7) is 3.22. The molecular formula is C18H19FN2O. The molecule has 1 amide bonds. The number of rotatable bonds is 4. The van der Waals surface area contributed by atoms with Crippen LogP contribution in [0.15, 0.2) is 48.5 Å². The maximum atomic E-state index is 13.5. The average molecular weight is 298 g/mol. The van der Waals surface area contributed by atoms with Gasteiger partial charge in [-0.1, -0.05) is 24.3 Å². The van der Waals surface area contributed by atoms with Gasteiger partial charge in [0.2, 0.25) is 0 Å². The third-order valence-electron chi connectivity index (χ3n) is 3.94. The largest absolute Gasteiger partial charge is 0.319 e. The highest BCUT2D eigenvalue weighted by atomic mass is 19.1. The number of amides is 1. The number of likely N-dealkylation sites (tertiary alicyclic amines) is 1. The summed E-state index contributed by atoms with van der Waals surface area (Å²) in [5.41, 5.74) is 1.94. The fraction of sp³-hybridized carbons (Fsp3) is 0.278. The Morgan fingerprint density at radius 3 is 2.41 bits per heavy atom. The Morgan fingerprint density at radius 1 is 1.05 bits per heavy atom. The van der Waals surface area contributed by atoms with E-state index in [9.17, 15) is 9.18 Å². The van der Waals surface area contributed by atoms with E-state index in [0.717, 1.165) is 19.6 Å². The zero-order chi connectivity index (χ0) is 15.4. The molecule has 1 fully saturated rings. The van der Waals surface area contributed by atoms with Crippen LogP contribution in [0.1, 0.15) is 28.8 Å². The lowest BCUT2D eigenvalue weighted by Gasteiger charge is -2.14. The van der Waals surface area contributed by atoms with E-state index < -0.39 is 5.82 Å². The molecular weight excluding hydrogens is 279 g/mol. The van der Waals surface area contributed by atoms with Crippen LogP contribution in [0, 0.1) is 5.82 Å². The molecule has 0 atom stereocenters. The van der Waals surface area contributed by atoms with E-state index in [1.54, 1.807) is 30.3 Å². The number of carbonyl (C=O) groups excluding carboxylic acids is 1. The predicted octanol–water partition coefficient (Wildman–Crippen LogP) is 3.67. The summed E-state index contributed by atoms with van der Waals surface area (Å²) < 4.78 is 13.5. The molecule has 1 saturated heterocycles. The number of benzene rings is 2. The van der Waals surface area contributed by atoms with Crippen molar-refractivity contribution in [1.82, 2.24) is 4.90 Å². The van der Waals surface area contributed by atoms with Crippen molar-refractivity contribution >= 4 is 11.6 Å². The summed E-state index contributed by atoms with van der Waals surface area (Å²) in [4.78, 5) is 14.5. The minimum absolute atomic E-state index is 0.202. The van der Waals surface area contributed by atoms with Gasteiger partial charge in [0.15, 0.2) is 0 Å². The van der Waals surface area contributed by atoms with Crippen LogP contribution in [0.4, 0.5) is 10.1 Å². The molecule has 3 rings (SSSR count). The molecule has 22 heavy (non-hydrogen) atoms. The third kappa shape index (κ3) is 3.52. The first kappa shape index (κ1) is 14.7. The lowest BCUT2D eigenvalue weighted by molar-refractivity contribution is 0.102. The van der Waals surface area contributed by atoms with Gasteiger partial charge in [0.1, 0.15) is 5.82 Å². The molecule has 2 aromatic rings. The Kier molecular flexibility index (Phi) is 4.49. The topological polar surface area (TPSA) is 32.3 Å². The van der Waals surface area contributed by atoms with Crippen molar-refractivity contribution < 1.29 is 9.18 Å². The van der Waals surface area contributed by atoms with Crippen molar-refractivity contribution in [3.05, 3.63) is 65.5 Å². The van der Waals surface area contributed by atoms with Crippen LogP contribution in [-0.2, 0) is 6.54 Å². The molecule has 2 aromatic carbocycles. The first-order valence-corrected chi connectivity index (χ1v) is 7.59. The lowest BCUT2D eigenvalue weighted by atomic mass is 10.1. The zero-order valence-electron chi connectivity index (χ0n) is 12.4. The van der Waals surface area contributed by atoms with E-state index in [-0.39, 0.29) is 11.6 Å². The summed E-state index contributed by atoms with van der Waals surface area (Å²) in [6, 6.07) is 13.7. The number of nitrogens with one attached hydrogen (secondary N) is 1. The first-order chi connectivity index (χ1) is 10.7. The number of halogens is 1. The summed E-state index contributed by atoms with van der Waals surface area (Å²) in [7, 11) is 0. The lowest BCUT2D eigenvalue weighted by Crippen LogP contribution is -2.18. The molecule has 0 aromatic heterocycles. The molecule has 1 N–H and O–H groups in total. The number of carbonyl (C=O) groups is 1. The Bertz CT molecular complexity index is 648. The highest BCUT2D eigenvalue weighted by molar-refractivity contribution is 6.04. The normalized spacial score (nSPS) is 15.0. The Morgan fingerprint density at radius 2 is 1.73 bits per heavy atom. The van der Waals surface area contributed by atoms with Crippen molar-refractivity contribution in [2.24, 2.45) is 0 Å². The molecule has 1 heterocycles. The number of anilines is 1. The van der Waals surface area contributed by atoms with Gasteiger partial charge in [-0.3, -0.25) is 9.69 Å². The van der Waals surface area contributed by atoms with Crippen molar-refractivity contribution in [3.63, 3.8) is 0 Å². The molecule has 3 nitrogen and oxygen atoms in total. The van der Waals surface area contributed by atoms with Crippen LogP contribution in [0.3, 0.4) is 0 Å².